The minimum atomic E-state index is 0.137. The first-order valence-corrected chi connectivity index (χ1v) is 8.72. The van der Waals surface area contributed by atoms with Crippen LogP contribution >= 0.6 is 0 Å². The lowest BCUT2D eigenvalue weighted by Crippen LogP contribution is -2.50. The van der Waals surface area contributed by atoms with E-state index in [2.05, 4.69) is 38.9 Å². The molecule has 0 bridgehead atoms. The number of unbranched alkanes of at least 4 members (excludes halogenated alkanes) is 2. The summed E-state index contributed by atoms with van der Waals surface area (Å²) in [6, 6.07) is 2.10. The summed E-state index contributed by atoms with van der Waals surface area (Å²) in [5.41, 5.74) is 0. The van der Waals surface area contributed by atoms with E-state index < -0.39 is 0 Å². The molecule has 2 heterocycles. The van der Waals surface area contributed by atoms with Crippen molar-refractivity contribution in [1.29, 1.82) is 0 Å². The molecule has 1 aromatic heterocycles. The lowest BCUT2D eigenvalue weighted by atomic mass is 10.1. The van der Waals surface area contributed by atoms with Crippen molar-refractivity contribution in [2.24, 2.45) is 0 Å². The molecule has 1 aromatic rings. The molecule has 1 unspecified atom stereocenters. The molecular formula is C17H29N5O. The Morgan fingerprint density at radius 1 is 1.22 bits per heavy atom. The summed E-state index contributed by atoms with van der Waals surface area (Å²) in [5, 5.41) is 3.11. The summed E-state index contributed by atoms with van der Waals surface area (Å²) in [6.07, 6.45) is 8.25. The van der Waals surface area contributed by atoms with Crippen molar-refractivity contribution in [3.63, 3.8) is 0 Å². The minimum Gasteiger partial charge on any atom is -0.353 e. The summed E-state index contributed by atoms with van der Waals surface area (Å²) >= 11 is 0. The van der Waals surface area contributed by atoms with E-state index in [1.807, 2.05) is 6.07 Å². The van der Waals surface area contributed by atoms with Gasteiger partial charge in [-0.1, -0.05) is 26.2 Å². The van der Waals surface area contributed by atoms with Crippen LogP contribution < -0.4 is 10.2 Å². The molecule has 1 fully saturated rings. The number of carbonyl (C=O) groups is 1. The second-order valence-electron chi connectivity index (χ2n) is 6.28. The molecule has 1 N–H and O–H groups in total. The van der Waals surface area contributed by atoms with Crippen LogP contribution in [0.5, 0.6) is 0 Å². The molecule has 1 saturated heterocycles. The molecule has 0 saturated carbocycles. The second-order valence-corrected chi connectivity index (χ2v) is 6.28. The molecule has 1 aliphatic heterocycles. The maximum atomic E-state index is 12.1. The minimum absolute atomic E-state index is 0.137. The van der Waals surface area contributed by atoms with Gasteiger partial charge in [-0.25, -0.2) is 9.97 Å². The molecule has 0 radical (unpaired) electrons. The number of rotatable bonds is 8. The van der Waals surface area contributed by atoms with E-state index in [4.69, 9.17) is 0 Å². The van der Waals surface area contributed by atoms with E-state index in [0.717, 1.165) is 38.5 Å². The first kappa shape index (κ1) is 17.7. The number of amides is 1. The predicted octanol–water partition coefficient (Wildman–Crippen LogP) is 1.68. The van der Waals surface area contributed by atoms with E-state index in [9.17, 15) is 4.79 Å². The first-order valence-electron chi connectivity index (χ1n) is 8.72. The smallest absolute Gasteiger partial charge is 0.234 e. The van der Waals surface area contributed by atoms with Gasteiger partial charge in [-0.15, -0.1) is 0 Å². The maximum Gasteiger partial charge on any atom is 0.234 e. The van der Waals surface area contributed by atoms with Crippen molar-refractivity contribution in [3.05, 3.63) is 18.5 Å². The maximum absolute atomic E-state index is 12.1. The number of nitrogens with zero attached hydrogens (tertiary/aromatic N) is 4. The Balaban J connectivity index is 1.66. The quantitative estimate of drug-likeness (QED) is 0.739. The van der Waals surface area contributed by atoms with Gasteiger partial charge in [0.2, 0.25) is 11.9 Å². The SMILES string of the molecule is CCCCCC(C)NC(=O)CN1CCN(c2ncccn2)CC1. The van der Waals surface area contributed by atoms with Crippen LogP contribution in [-0.4, -0.2) is 59.5 Å². The third-order valence-electron chi connectivity index (χ3n) is 4.22. The molecule has 0 spiro atoms. The average Bonchev–Trinajstić information content (AvgIpc) is 2.56. The molecule has 6 heteroatoms. The topological polar surface area (TPSA) is 61.4 Å². The number of piperazine rings is 1. The summed E-state index contributed by atoms with van der Waals surface area (Å²) in [7, 11) is 0. The van der Waals surface area contributed by atoms with Crippen LogP contribution in [0.1, 0.15) is 39.5 Å². The van der Waals surface area contributed by atoms with Gasteiger partial charge >= 0.3 is 0 Å². The second kappa shape index (κ2) is 9.45. The zero-order chi connectivity index (χ0) is 16.5. The van der Waals surface area contributed by atoms with Crippen molar-refractivity contribution in [2.75, 3.05) is 37.6 Å². The van der Waals surface area contributed by atoms with Gasteiger partial charge in [-0.05, 0) is 19.4 Å². The zero-order valence-electron chi connectivity index (χ0n) is 14.4. The van der Waals surface area contributed by atoms with Gasteiger partial charge in [-0.3, -0.25) is 9.69 Å². The molecule has 128 valence electrons. The number of hydrogen-bond donors (Lipinski definition) is 1. The van der Waals surface area contributed by atoms with E-state index >= 15 is 0 Å². The number of hydrogen-bond acceptors (Lipinski definition) is 5. The van der Waals surface area contributed by atoms with Crippen LogP contribution in [0.4, 0.5) is 5.95 Å². The Morgan fingerprint density at radius 2 is 1.91 bits per heavy atom. The van der Waals surface area contributed by atoms with Crippen molar-refractivity contribution < 1.29 is 4.79 Å². The Morgan fingerprint density at radius 3 is 2.57 bits per heavy atom. The normalized spacial score (nSPS) is 17.0. The highest BCUT2D eigenvalue weighted by molar-refractivity contribution is 5.78. The van der Waals surface area contributed by atoms with Crippen molar-refractivity contribution in [3.8, 4) is 0 Å². The Labute approximate surface area is 139 Å². The molecule has 2 rings (SSSR count). The number of anilines is 1. The number of aromatic nitrogens is 2. The van der Waals surface area contributed by atoms with Crippen LogP contribution in [0.25, 0.3) is 0 Å². The molecule has 0 aliphatic carbocycles. The predicted molar refractivity (Wildman–Crippen MR) is 92.4 cm³/mol. The average molecular weight is 319 g/mol. The standard InChI is InChI=1S/C17H29N5O/c1-3-4-5-7-15(2)20-16(23)14-21-10-12-22(13-11-21)17-18-8-6-9-19-17/h6,8-9,15H,3-5,7,10-14H2,1-2H3,(H,20,23). The van der Waals surface area contributed by atoms with Crippen molar-refractivity contribution >= 4 is 11.9 Å². The van der Waals surface area contributed by atoms with Gasteiger partial charge in [0, 0.05) is 44.6 Å². The summed E-state index contributed by atoms with van der Waals surface area (Å²) in [6.45, 7) is 8.25. The fourth-order valence-electron chi connectivity index (χ4n) is 2.86. The summed E-state index contributed by atoms with van der Waals surface area (Å²) in [4.78, 5) is 25.0. The van der Waals surface area contributed by atoms with Crippen molar-refractivity contribution in [2.45, 2.75) is 45.6 Å². The van der Waals surface area contributed by atoms with E-state index in [1.165, 1.54) is 19.3 Å². The highest BCUT2D eigenvalue weighted by Gasteiger charge is 2.20. The number of carbonyl (C=O) groups excluding carboxylic acids is 1. The van der Waals surface area contributed by atoms with E-state index in [0.29, 0.717) is 6.54 Å². The molecular weight excluding hydrogens is 290 g/mol. The van der Waals surface area contributed by atoms with Crippen molar-refractivity contribution in [1.82, 2.24) is 20.2 Å². The molecule has 6 nitrogen and oxygen atoms in total. The lowest BCUT2D eigenvalue weighted by molar-refractivity contribution is -0.123. The van der Waals surface area contributed by atoms with E-state index in [1.54, 1.807) is 12.4 Å². The molecule has 0 aromatic carbocycles. The number of nitrogens with one attached hydrogen (secondary N) is 1. The highest BCUT2D eigenvalue weighted by atomic mass is 16.2. The fourth-order valence-corrected chi connectivity index (χ4v) is 2.86. The fraction of sp³-hybridized carbons (Fsp3) is 0.706. The largest absolute Gasteiger partial charge is 0.353 e. The summed E-state index contributed by atoms with van der Waals surface area (Å²) < 4.78 is 0. The van der Waals surface area contributed by atoms with Crippen LogP contribution in [0.2, 0.25) is 0 Å². The monoisotopic (exact) mass is 319 g/mol. The van der Waals surface area contributed by atoms with Gasteiger partial charge in [-0.2, -0.15) is 0 Å². The van der Waals surface area contributed by atoms with Crippen LogP contribution in [0, 0.1) is 0 Å². The zero-order valence-corrected chi connectivity index (χ0v) is 14.4. The third-order valence-corrected chi connectivity index (χ3v) is 4.22. The van der Waals surface area contributed by atoms with Gasteiger partial charge in [0.25, 0.3) is 0 Å². The van der Waals surface area contributed by atoms with Gasteiger partial charge < -0.3 is 10.2 Å². The highest BCUT2D eigenvalue weighted by Crippen LogP contribution is 2.09. The van der Waals surface area contributed by atoms with Gasteiger partial charge in [0.05, 0.1) is 6.54 Å². The Bertz CT molecular complexity index is 459. The van der Waals surface area contributed by atoms with Crippen LogP contribution in [-0.2, 0) is 4.79 Å². The van der Waals surface area contributed by atoms with Gasteiger partial charge in [0.15, 0.2) is 0 Å². The van der Waals surface area contributed by atoms with Crippen LogP contribution in [0.15, 0.2) is 18.5 Å². The molecule has 1 aliphatic rings. The lowest BCUT2D eigenvalue weighted by Gasteiger charge is -2.34. The molecule has 1 amide bonds. The molecule has 23 heavy (non-hydrogen) atoms. The van der Waals surface area contributed by atoms with Gasteiger partial charge in [0.1, 0.15) is 0 Å². The molecule has 1 atom stereocenters. The summed E-state index contributed by atoms with van der Waals surface area (Å²) in [5.74, 6) is 0.916. The Hall–Kier alpha value is -1.69. The van der Waals surface area contributed by atoms with E-state index in [-0.39, 0.29) is 11.9 Å². The van der Waals surface area contributed by atoms with Crippen LogP contribution in [0.3, 0.4) is 0 Å². The first-order chi connectivity index (χ1) is 11.2. The Kier molecular flexibility index (Phi) is 7.26. The third kappa shape index (κ3) is 6.14.